The van der Waals surface area contributed by atoms with Crippen molar-refractivity contribution >= 4 is 11.8 Å². The van der Waals surface area contributed by atoms with Gasteiger partial charge >= 0.3 is 0 Å². The Morgan fingerprint density at radius 3 is 2.50 bits per heavy atom. The lowest BCUT2D eigenvalue weighted by Crippen LogP contribution is -2.41. The van der Waals surface area contributed by atoms with Crippen molar-refractivity contribution in [2.45, 2.75) is 38.7 Å². The Balaban J connectivity index is 1.53. The second-order valence-corrected chi connectivity index (χ2v) is 7.45. The maximum atomic E-state index is 12.5. The third-order valence-electron chi connectivity index (χ3n) is 5.03. The predicted octanol–water partition coefficient (Wildman–Crippen LogP) is 3.51. The minimum atomic E-state index is -0.470. The van der Waals surface area contributed by atoms with E-state index in [-0.39, 0.29) is 6.10 Å². The zero-order valence-corrected chi connectivity index (χ0v) is 18.5. The molecule has 3 rings (SSSR count). The normalized spacial score (nSPS) is 15.1. The lowest BCUT2D eigenvalue weighted by molar-refractivity contribution is 0.0679. The van der Waals surface area contributed by atoms with Crippen molar-refractivity contribution in [2.24, 2.45) is 0 Å². The van der Waals surface area contributed by atoms with E-state index in [0.29, 0.717) is 41.6 Å². The number of nitrogens with one attached hydrogen (secondary N) is 2. The molecule has 0 spiro atoms. The lowest BCUT2D eigenvalue weighted by Gasteiger charge is -2.13. The quantitative estimate of drug-likeness (QED) is 0.432. The van der Waals surface area contributed by atoms with Gasteiger partial charge in [-0.15, -0.1) is 0 Å². The number of unbranched alkanes of at least 4 members (excludes halogenated alkanes) is 1. The summed E-state index contributed by atoms with van der Waals surface area (Å²) in [5.41, 5.74) is 5.55. The molecule has 8 heteroatoms. The van der Waals surface area contributed by atoms with Gasteiger partial charge in [-0.25, -0.2) is 0 Å². The standard InChI is InChI=1S/C24H30N2O6/c1-3-4-12-31-21-11-10-18(15-22(21)29-2)24(28)26-25-23(27)17-7-5-8-19(14-17)32-16-20-9-6-13-30-20/h5,7-8,10-11,14-15,20H,3-4,6,9,12-13,16H2,1-2H3,(H,25,27)(H,26,28). The van der Waals surface area contributed by atoms with Crippen molar-refractivity contribution < 1.29 is 28.5 Å². The van der Waals surface area contributed by atoms with Gasteiger partial charge in [-0.2, -0.15) is 0 Å². The molecule has 8 nitrogen and oxygen atoms in total. The van der Waals surface area contributed by atoms with Crippen molar-refractivity contribution in [2.75, 3.05) is 26.9 Å². The highest BCUT2D eigenvalue weighted by atomic mass is 16.5. The molecule has 2 amide bonds. The summed E-state index contributed by atoms with van der Waals surface area (Å²) in [4.78, 5) is 24.9. The molecule has 172 valence electrons. The molecule has 0 radical (unpaired) electrons. The van der Waals surface area contributed by atoms with Crippen LogP contribution in [0.25, 0.3) is 0 Å². The first-order valence-corrected chi connectivity index (χ1v) is 10.9. The van der Waals surface area contributed by atoms with Crippen LogP contribution in [0.15, 0.2) is 42.5 Å². The van der Waals surface area contributed by atoms with Crippen molar-refractivity contribution in [3.63, 3.8) is 0 Å². The van der Waals surface area contributed by atoms with Gasteiger partial charge in [0.15, 0.2) is 11.5 Å². The minimum Gasteiger partial charge on any atom is -0.493 e. The van der Waals surface area contributed by atoms with E-state index in [1.165, 1.54) is 7.11 Å². The number of methoxy groups -OCH3 is 1. The second kappa shape index (κ2) is 12.0. The molecule has 1 atom stereocenters. The van der Waals surface area contributed by atoms with E-state index in [2.05, 4.69) is 17.8 Å². The number of carbonyl (C=O) groups excluding carboxylic acids is 2. The number of rotatable bonds is 10. The average Bonchev–Trinajstić information content (AvgIpc) is 3.35. The molecule has 2 aromatic carbocycles. The summed E-state index contributed by atoms with van der Waals surface area (Å²) in [7, 11) is 1.51. The van der Waals surface area contributed by atoms with Crippen LogP contribution in [0.3, 0.4) is 0 Å². The molecular formula is C24H30N2O6. The Hall–Kier alpha value is -3.26. The molecule has 32 heavy (non-hydrogen) atoms. The fourth-order valence-corrected chi connectivity index (χ4v) is 3.20. The SMILES string of the molecule is CCCCOc1ccc(C(=O)NNC(=O)c2cccc(OCC3CCCO3)c2)cc1OC. The number of benzene rings is 2. The third kappa shape index (κ3) is 6.62. The van der Waals surface area contributed by atoms with E-state index < -0.39 is 11.8 Å². The second-order valence-electron chi connectivity index (χ2n) is 7.45. The summed E-state index contributed by atoms with van der Waals surface area (Å²) in [5, 5.41) is 0. The molecule has 1 fully saturated rings. The topological polar surface area (TPSA) is 95.1 Å². The van der Waals surface area contributed by atoms with Gasteiger partial charge in [0.25, 0.3) is 11.8 Å². The number of hydrazine groups is 1. The van der Waals surface area contributed by atoms with Gasteiger partial charge in [-0.05, 0) is 55.7 Å². The summed E-state index contributed by atoms with van der Waals surface area (Å²) in [5.74, 6) is 0.676. The van der Waals surface area contributed by atoms with Gasteiger partial charge in [-0.1, -0.05) is 19.4 Å². The van der Waals surface area contributed by atoms with Gasteiger partial charge in [0.2, 0.25) is 0 Å². The third-order valence-corrected chi connectivity index (χ3v) is 5.03. The molecule has 1 unspecified atom stereocenters. The van der Waals surface area contributed by atoms with E-state index in [0.717, 1.165) is 32.3 Å². The number of ether oxygens (including phenoxy) is 4. The molecule has 0 bridgehead atoms. The fourth-order valence-electron chi connectivity index (χ4n) is 3.20. The number of hydrogen-bond donors (Lipinski definition) is 2. The number of amides is 2. The largest absolute Gasteiger partial charge is 0.493 e. The van der Waals surface area contributed by atoms with Gasteiger partial charge in [0.05, 0.1) is 19.8 Å². The van der Waals surface area contributed by atoms with Crippen LogP contribution < -0.4 is 25.1 Å². The van der Waals surface area contributed by atoms with Crippen LogP contribution in [0.2, 0.25) is 0 Å². The van der Waals surface area contributed by atoms with E-state index in [4.69, 9.17) is 18.9 Å². The Kier molecular flexibility index (Phi) is 8.74. The average molecular weight is 443 g/mol. The van der Waals surface area contributed by atoms with E-state index in [1.807, 2.05) is 0 Å². The van der Waals surface area contributed by atoms with Crippen LogP contribution in [0.5, 0.6) is 17.2 Å². The molecule has 2 N–H and O–H groups in total. The Morgan fingerprint density at radius 2 is 1.81 bits per heavy atom. The summed E-state index contributed by atoms with van der Waals surface area (Å²) < 4.78 is 22.3. The van der Waals surface area contributed by atoms with Crippen molar-refractivity contribution in [3.8, 4) is 17.2 Å². The Labute approximate surface area is 188 Å². The van der Waals surface area contributed by atoms with Gasteiger partial charge < -0.3 is 18.9 Å². The highest BCUT2D eigenvalue weighted by Crippen LogP contribution is 2.28. The summed E-state index contributed by atoms with van der Waals surface area (Å²) >= 11 is 0. The monoisotopic (exact) mass is 442 g/mol. The molecule has 1 saturated heterocycles. The first kappa shape index (κ1) is 23.4. The van der Waals surface area contributed by atoms with Crippen LogP contribution in [0, 0.1) is 0 Å². The van der Waals surface area contributed by atoms with Gasteiger partial charge in [0.1, 0.15) is 12.4 Å². The zero-order chi connectivity index (χ0) is 22.8. The Bertz CT molecular complexity index is 911. The molecule has 1 heterocycles. The van der Waals surface area contributed by atoms with Crippen LogP contribution in [0.1, 0.15) is 53.3 Å². The zero-order valence-electron chi connectivity index (χ0n) is 18.5. The van der Waals surface area contributed by atoms with Crippen LogP contribution in [-0.2, 0) is 4.74 Å². The molecule has 0 aliphatic carbocycles. The lowest BCUT2D eigenvalue weighted by atomic mass is 10.2. The molecule has 1 aliphatic heterocycles. The Morgan fingerprint density at radius 1 is 1.03 bits per heavy atom. The van der Waals surface area contributed by atoms with Crippen molar-refractivity contribution in [3.05, 3.63) is 53.6 Å². The van der Waals surface area contributed by atoms with Crippen molar-refractivity contribution in [1.82, 2.24) is 10.9 Å². The van der Waals surface area contributed by atoms with E-state index in [9.17, 15) is 9.59 Å². The summed E-state index contributed by atoms with van der Waals surface area (Å²) in [6, 6.07) is 11.6. The summed E-state index contributed by atoms with van der Waals surface area (Å²) in [6.07, 6.45) is 4.05. The molecule has 1 aliphatic rings. The first-order valence-electron chi connectivity index (χ1n) is 10.9. The fraction of sp³-hybridized carbons (Fsp3) is 0.417. The maximum Gasteiger partial charge on any atom is 0.269 e. The highest BCUT2D eigenvalue weighted by Gasteiger charge is 2.17. The first-order chi connectivity index (χ1) is 15.6. The van der Waals surface area contributed by atoms with E-state index in [1.54, 1.807) is 42.5 Å². The van der Waals surface area contributed by atoms with Crippen LogP contribution in [-0.4, -0.2) is 44.8 Å². The molecule has 0 aromatic heterocycles. The van der Waals surface area contributed by atoms with E-state index >= 15 is 0 Å². The van der Waals surface area contributed by atoms with Crippen molar-refractivity contribution in [1.29, 1.82) is 0 Å². The predicted molar refractivity (Wildman–Crippen MR) is 119 cm³/mol. The number of carbonyl (C=O) groups is 2. The smallest absolute Gasteiger partial charge is 0.269 e. The minimum absolute atomic E-state index is 0.0900. The molecular weight excluding hydrogens is 412 g/mol. The highest BCUT2D eigenvalue weighted by molar-refractivity contribution is 5.99. The molecule has 2 aromatic rings. The number of hydrogen-bond acceptors (Lipinski definition) is 6. The van der Waals surface area contributed by atoms with Gasteiger partial charge in [0, 0.05) is 17.7 Å². The van der Waals surface area contributed by atoms with Crippen LogP contribution in [0.4, 0.5) is 0 Å². The maximum absolute atomic E-state index is 12.5. The van der Waals surface area contributed by atoms with Gasteiger partial charge in [-0.3, -0.25) is 20.4 Å². The summed E-state index contributed by atoms with van der Waals surface area (Å²) in [6.45, 7) is 3.86. The molecule has 0 saturated carbocycles. The van der Waals surface area contributed by atoms with Crippen LogP contribution >= 0.6 is 0 Å².